The van der Waals surface area contributed by atoms with Crippen LogP contribution in [0.4, 0.5) is 5.82 Å². The van der Waals surface area contributed by atoms with Gasteiger partial charge in [-0.3, -0.25) is 0 Å². The first-order valence-corrected chi connectivity index (χ1v) is 7.44. The molecule has 1 aromatic heterocycles. The maximum Gasteiger partial charge on any atom is 0.219 e. The zero-order valence-electron chi connectivity index (χ0n) is 13.0. The van der Waals surface area contributed by atoms with Gasteiger partial charge in [-0.25, -0.2) is 4.98 Å². The van der Waals surface area contributed by atoms with Crippen LogP contribution in [0.15, 0.2) is 36.4 Å². The van der Waals surface area contributed by atoms with Crippen molar-refractivity contribution in [2.45, 2.75) is 26.7 Å². The van der Waals surface area contributed by atoms with Crippen molar-refractivity contribution in [1.82, 2.24) is 9.97 Å². The van der Waals surface area contributed by atoms with Gasteiger partial charge in [0.2, 0.25) is 5.88 Å². The summed E-state index contributed by atoms with van der Waals surface area (Å²) in [6, 6.07) is 11.8. The van der Waals surface area contributed by atoms with E-state index in [1.165, 1.54) is 0 Å². The Hall–Kier alpha value is -2.10. The molecule has 112 valence electrons. The summed E-state index contributed by atoms with van der Waals surface area (Å²) in [7, 11) is 1.85. The molecule has 21 heavy (non-hydrogen) atoms. The third-order valence-electron chi connectivity index (χ3n) is 3.17. The van der Waals surface area contributed by atoms with Crippen molar-refractivity contribution in [1.29, 1.82) is 0 Å². The maximum absolute atomic E-state index is 5.77. The summed E-state index contributed by atoms with van der Waals surface area (Å²) in [5.41, 5.74) is 0.988. The smallest absolute Gasteiger partial charge is 0.219 e. The average Bonchev–Trinajstić information content (AvgIpc) is 2.52. The first kappa shape index (κ1) is 15.3. The highest BCUT2D eigenvalue weighted by Gasteiger charge is 2.07. The Balaban J connectivity index is 2.11. The molecule has 1 heterocycles. The highest BCUT2D eigenvalue weighted by atomic mass is 16.5. The second-order valence-electron chi connectivity index (χ2n) is 5.42. The van der Waals surface area contributed by atoms with Gasteiger partial charge in [-0.1, -0.05) is 44.2 Å². The van der Waals surface area contributed by atoms with E-state index in [2.05, 4.69) is 29.1 Å². The van der Waals surface area contributed by atoms with Gasteiger partial charge in [0.15, 0.2) is 5.82 Å². The first-order chi connectivity index (χ1) is 10.2. The molecule has 2 rings (SSSR count). The average molecular weight is 285 g/mol. The minimum Gasteiger partial charge on any atom is -0.478 e. The lowest BCUT2D eigenvalue weighted by Gasteiger charge is -2.10. The van der Waals surface area contributed by atoms with E-state index in [0.29, 0.717) is 24.2 Å². The molecule has 0 atom stereocenters. The van der Waals surface area contributed by atoms with Crippen molar-refractivity contribution in [2.24, 2.45) is 5.92 Å². The summed E-state index contributed by atoms with van der Waals surface area (Å²) in [5.74, 6) is 2.77. The summed E-state index contributed by atoms with van der Waals surface area (Å²) >= 11 is 0. The van der Waals surface area contributed by atoms with Crippen LogP contribution in [0.1, 0.15) is 26.7 Å². The number of anilines is 1. The van der Waals surface area contributed by atoms with Crippen molar-refractivity contribution in [3.05, 3.63) is 36.4 Å². The molecule has 0 spiro atoms. The molecule has 0 aliphatic carbocycles. The zero-order chi connectivity index (χ0) is 15.1. The molecule has 4 heteroatoms. The molecule has 0 unspecified atom stereocenters. The number of benzene rings is 1. The van der Waals surface area contributed by atoms with Crippen LogP contribution in [0.3, 0.4) is 0 Å². The van der Waals surface area contributed by atoms with Crippen molar-refractivity contribution in [3.8, 4) is 17.3 Å². The number of ether oxygens (including phenoxy) is 1. The highest BCUT2D eigenvalue weighted by Crippen LogP contribution is 2.21. The van der Waals surface area contributed by atoms with Gasteiger partial charge in [-0.15, -0.1) is 0 Å². The standard InChI is InChI=1S/C17H23N3O/c1-13(2)8-7-11-21-16-12-15(18-3)19-17(20-16)14-9-5-4-6-10-14/h4-6,9-10,12-13H,7-8,11H2,1-3H3,(H,18,19,20). The summed E-state index contributed by atoms with van der Waals surface area (Å²) in [6.45, 7) is 5.13. The SMILES string of the molecule is CNc1cc(OCCCC(C)C)nc(-c2ccccc2)n1. The Bertz CT molecular complexity index is 555. The van der Waals surface area contributed by atoms with E-state index in [9.17, 15) is 0 Å². The van der Waals surface area contributed by atoms with Crippen molar-refractivity contribution < 1.29 is 4.74 Å². The van der Waals surface area contributed by atoms with Gasteiger partial charge in [0.1, 0.15) is 5.82 Å². The molecular weight excluding hydrogens is 262 g/mol. The van der Waals surface area contributed by atoms with E-state index in [0.717, 1.165) is 24.2 Å². The van der Waals surface area contributed by atoms with Gasteiger partial charge in [0.05, 0.1) is 6.61 Å². The van der Waals surface area contributed by atoms with Crippen LogP contribution in [0.5, 0.6) is 5.88 Å². The Morgan fingerprint density at radius 2 is 1.90 bits per heavy atom. The third-order valence-corrected chi connectivity index (χ3v) is 3.17. The number of rotatable bonds is 7. The van der Waals surface area contributed by atoms with Crippen LogP contribution in [0, 0.1) is 5.92 Å². The predicted octanol–water partition coefficient (Wildman–Crippen LogP) is 4.00. The van der Waals surface area contributed by atoms with E-state index in [-0.39, 0.29) is 0 Å². The quantitative estimate of drug-likeness (QED) is 0.781. The first-order valence-electron chi connectivity index (χ1n) is 7.44. The van der Waals surface area contributed by atoms with Gasteiger partial charge in [-0.2, -0.15) is 4.98 Å². The van der Waals surface area contributed by atoms with Crippen LogP contribution in [0.2, 0.25) is 0 Å². The van der Waals surface area contributed by atoms with Crippen LogP contribution in [-0.2, 0) is 0 Å². The molecule has 0 saturated carbocycles. The second-order valence-corrected chi connectivity index (χ2v) is 5.42. The second kappa shape index (κ2) is 7.62. The van der Waals surface area contributed by atoms with Gasteiger partial charge in [-0.05, 0) is 18.8 Å². The summed E-state index contributed by atoms with van der Waals surface area (Å²) in [4.78, 5) is 8.97. The van der Waals surface area contributed by atoms with Crippen LogP contribution >= 0.6 is 0 Å². The molecule has 0 saturated heterocycles. The molecule has 0 radical (unpaired) electrons. The van der Waals surface area contributed by atoms with E-state index >= 15 is 0 Å². The molecule has 0 fully saturated rings. The Morgan fingerprint density at radius 1 is 1.14 bits per heavy atom. The van der Waals surface area contributed by atoms with E-state index in [1.54, 1.807) is 0 Å². The minimum atomic E-state index is 0.622. The normalized spacial score (nSPS) is 10.7. The Morgan fingerprint density at radius 3 is 2.57 bits per heavy atom. The molecule has 1 N–H and O–H groups in total. The van der Waals surface area contributed by atoms with Gasteiger partial charge in [0.25, 0.3) is 0 Å². The van der Waals surface area contributed by atoms with Crippen molar-refractivity contribution in [2.75, 3.05) is 19.0 Å². The molecule has 1 aromatic carbocycles. The van der Waals surface area contributed by atoms with Crippen LogP contribution in [0.25, 0.3) is 11.4 Å². The zero-order valence-corrected chi connectivity index (χ0v) is 13.0. The highest BCUT2D eigenvalue weighted by molar-refractivity contribution is 5.58. The molecule has 0 aliphatic rings. The lowest BCUT2D eigenvalue weighted by Crippen LogP contribution is -2.04. The fourth-order valence-electron chi connectivity index (χ4n) is 2.01. The Labute approximate surface area is 126 Å². The number of aromatic nitrogens is 2. The van der Waals surface area contributed by atoms with E-state index in [1.807, 2.05) is 43.4 Å². The lowest BCUT2D eigenvalue weighted by atomic mass is 10.1. The largest absolute Gasteiger partial charge is 0.478 e. The Kier molecular flexibility index (Phi) is 5.55. The molecule has 0 aliphatic heterocycles. The third kappa shape index (κ3) is 4.74. The predicted molar refractivity (Wildman–Crippen MR) is 86.6 cm³/mol. The lowest BCUT2D eigenvalue weighted by molar-refractivity contribution is 0.287. The van der Waals surface area contributed by atoms with Crippen LogP contribution in [-0.4, -0.2) is 23.6 Å². The van der Waals surface area contributed by atoms with Crippen molar-refractivity contribution >= 4 is 5.82 Å². The molecule has 0 bridgehead atoms. The monoisotopic (exact) mass is 285 g/mol. The molecule has 4 nitrogen and oxygen atoms in total. The fourth-order valence-corrected chi connectivity index (χ4v) is 2.01. The van der Waals surface area contributed by atoms with Crippen LogP contribution < -0.4 is 10.1 Å². The minimum absolute atomic E-state index is 0.622. The number of hydrogen-bond acceptors (Lipinski definition) is 4. The maximum atomic E-state index is 5.77. The van der Waals surface area contributed by atoms with E-state index in [4.69, 9.17) is 4.74 Å². The number of nitrogens with one attached hydrogen (secondary N) is 1. The van der Waals surface area contributed by atoms with Crippen molar-refractivity contribution in [3.63, 3.8) is 0 Å². The topological polar surface area (TPSA) is 47.0 Å². The molecule has 2 aromatic rings. The molecular formula is C17H23N3O. The van der Waals surface area contributed by atoms with Gasteiger partial charge in [0, 0.05) is 18.7 Å². The summed E-state index contributed by atoms with van der Waals surface area (Å²) < 4.78 is 5.77. The summed E-state index contributed by atoms with van der Waals surface area (Å²) in [5, 5.41) is 3.06. The van der Waals surface area contributed by atoms with Gasteiger partial charge < -0.3 is 10.1 Å². The fraction of sp³-hybridized carbons (Fsp3) is 0.412. The van der Waals surface area contributed by atoms with Gasteiger partial charge >= 0.3 is 0 Å². The number of nitrogens with zero attached hydrogens (tertiary/aromatic N) is 2. The van der Waals surface area contributed by atoms with E-state index < -0.39 is 0 Å². The summed E-state index contributed by atoms with van der Waals surface area (Å²) in [6.07, 6.45) is 2.20. The molecule has 0 amide bonds. The number of hydrogen-bond donors (Lipinski definition) is 1.